The standard InChI is InChI=1S/C13H13F3N2O2/c14-13(15,16)8-20-6-5-18-12(19)10-1-2-11-9(7-10)3-4-17-11/h1-4,7,17H,5-6,8H2,(H,18,19). The molecular formula is C13H13F3N2O2. The number of ether oxygens (including phenoxy) is 1. The van der Waals surface area contributed by atoms with E-state index in [1.54, 1.807) is 24.4 Å². The Morgan fingerprint density at radius 2 is 2.10 bits per heavy atom. The van der Waals surface area contributed by atoms with Crippen molar-refractivity contribution in [2.24, 2.45) is 0 Å². The highest BCUT2D eigenvalue weighted by Crippen LogP contribution is 2.15. The Morgan fingerprint density at radius 1 is 1.30 bits per heavy atom. The van der Waals surface area contributed by atoms with E-state index in [1.807, 2.05) is 6.07 Å². The van der Waals surface area contributed by atoms with Crippen molar-refractivity contribution in [3.05, 3.63) is 36.0 Å². The van der Waals surface area contributed by atoms with E-state index in [4.69, 9.17) is 0 Å². The first-order valence-electron chi connectivity index (χ1n) is 5.95. The van der Waals surface area contributed by atoms with Gasteiger partial charge in [-0.1, -0.05) is 0 Å². The summed E-state index contributed by atoms with van der Waals surface area (Å²) in [7, 11) is 0. The molecule has 2 rings (SSSR count). The summed E-state index contributed by atoms with van der Waals surface area (Å²) in [5.74, 6) is -0.344. The number of carbonyl (C=O) groups excluding carboxylic acids is 1. The van der Waals surface area contributed by atoms with E-state index in [9.17, 15) is 18.0 Å². The average molecular weight is 286 g/mol. The highest BCUT2D eigenvalue weighted by molar-refractivity contribution is 5.98. The Morgan fingerprint density at radius 3 is 2.85 bits per heavy atom. The maximum atomic E-state index is 11.8. The van der Waals surface area contributed by atoms with Crippen molar-refractivity contribution in [3.8, 4) is 0 Å². The zero-order valence-electron chi connectivity index (χ0n) is 10.5. The van der Waals surface area contributed by atoms with E-state index in [1.165, 1.54) is 0 Å². The Bertz CT molecular complexity index is 593. The Hall–Kier alpha value is -2.02. The molecule has 1 aromatic heterocycles. The van der Waals surface area contributed by atoms with Gasteiger partial charge in [0.15, 0.2) is 0 Å². The van der Waals surface area contributed by atoms with Crippen LogP contribution in [0.15, 0.2) is 30.5 Å². The van der Waals surface area contributed by atoms with E-state index in [-0.39, 0.29) is 19.1 Å². The van der Waals surface area contributed by atoms with Crippen LogP contribution in [-0.4, -0.2) is 36.8 Å². The summed E-state index contributed by atoms with van der Waals surface area (Å²) in [5, 5.41) is 3.40. The molecule has 0 atom stereocenters. The topological polar surface area (TPSA) is 54.1 Å². The smallest absolute Gasteiger partial charge is 0.370 e. The predicted molar refractivity (Wildman–Crippen MR) is 67.5 cm³/mol. The van der Waals surface area contributed by atoms with Crippen LogP contribution in [0.4, 0.5) is 13.2 Å². The van der Waals surface area contributed by atoms with Crippen LogP contribution in [-0.2, 0) is 4.74 Å². The minimum absolute atomic E-state index is 0.0279. The molecule has 0 unspecified atom stereocenters. The number of benzene rings is 1. The van der Waals surface area contributed by atoms with E-state index in [0.717, 1.165) is 10.9 Å². The predicted octanol–water partition coefficient (Wildman–Crippen LogP) is 2.48. The molecule has 4 nitrogen and oxygen atoms in total. The van der Waals surface area contributed by atoms with Gasteiger partial charge in [0, 0.05) is 29.2 Å². The number of amides is 1. The van der Waals surface area contributed by atoms with E-state index in [0.29, 0.717) is 5.56 Å². The molecule has 7 heteroatoms. The summed E-state index contributed by atoms with van der Waals surface area (Å²) in [4.78, 5) is 14.8. The van der Waals surface area contributed by atoms with Gasteiger partial charge in [-0.3, -0.25) is 4.79 Å². The third-order valence-electron chi connectivity index (χ3n) is 2.61. The lowest BCUT2D eigenvalue weighted by molar-refractivity contribution is -0.173. The van der Waals surface area contributed by atoms with Crippen LogP contribution in [0, 0.1) is 0 Å². The lowest BCUT2D eigenvalue weighted by Crippen LogP contribution is -2.28. The Labute approximate surface area is 112 Å². The molecule has 0 aliphatic carbocycles. The lowest BCUT2D eigenvalue weighted by Gasteiger charge is -2.08. The molecule has 0 aliphatic heterocycles. The molecule has 2 aromatic rings. The minimum Gasteiger partial charge on any atom is -0.370 e. The number of hydrogen-bond acceptors (Lipinski definition) is 2. The second-order valence-electron chi connectivity index (χ2n) is 4.20. The number of halogens is 3. The first-order valence-corrected chi connectivity index (χ1v) is 5.95. The molecule has 1 aromatic carbocycles. The van der Waals surface area contributed by atoms with Gasteiger partial charge < -0.3 is 15.0 Å². The second-order valence-corrected chi connectivity index (χ2v) is 4.20. The van der Waals surface area contributed by atoms with Crippen LogP contribution in [0.3, 0.4) is 0 Å². The number of aromatic amines is 1. The normalized spacial score (nSPS) is 11.8. The molecule has 0 aliphatic rings. The average Bonchev–Trinajstić information content (AvgIpc) is 2.83. The number of hydrogen-bond donors (Lipinski definition) is 2. The van der Waals surface area contributed by atoms with Crippen molar-refractivity contribution < 1.29 is 22.7 Å². The zero-order valence-corrected chi connectivity index (χ0v) is 10.5. The molecule has 0 fully saturated rings. The van der Waals surface area contributed by atoms with Gasteiger partial charge in [0.2, 0.25) is 0 Å². The van der Waals surface area contributed by atoms with E-state index >= 15 is 0 Å². The van der Waals surface area contributed by atoms with Crippen molar-refractivity contribution in [1.29, 1.82) is 0 Å². The van der Waals surface area contributed by atoms with Gasteiger partial charge >= 0.3 is 6.18 Å². The van der Waals surface area contributed by atoms with Gasteiger partial charge in [-0.25, -0.2) is 0 Å². The lowest BCUT2D eigenvalue weighted by atomic mass is 10.1. The van der Waals surface area contributed by atoms with Gasteiger partial charge in [-0.2, -0.15) is 13.2 Å². The molecule has 20 heavy (non-hydrogen) atoms. The van der Waals surface area contributed by atoms with Crippen molar-refractivity contribution in [2.75, 3.05) is 19.8 Å². The molecule has 0 saturated carbocycles. The van der Waals surface area contributed by atoms with E-state index < -0.39 is 12.8 Å². The molecule has 1 heterocycles. The second kappa shape index (κ2) is 5.96. The molecular weight excluding hydrogens is 273 g/mol. The van der Waals surface area contributed by atoms with Crippen LogP contribution >= 0.6 is 0 Å². The largest absolute Gasteiger partial charge is 0.411 e. The number of fused-ring (bicyclic) bond motifs is 1. The number of alkyl halides is 3. The summed E-state index contributed by atoms with van der Waals surface area (Å²) in [6.07, 6.45) is -2.58. The highest BCUT2D eigenvalue weighted by Gasteiger charge is 2.27. The van der Waals surface area contributed by atoms with Gasteiger partial charge in [-0.15, -0.1) is 0 Å². The van der Waals surface area contributed by atoms with Crippen LogP contribution in [0.5, 0.6) is 0 Å². The number of H-pyrrole nitrogens is 1. The molecule has 0 radical (unpaired) electrons. The first-order chi connectivity index (χ1) is 9.46. The highest BCUT2D eigenvalue weighted by atomic mass is 19.4. The third-order valence-corrected chi connectivity index (χ3v) is 2.61. The van der Waals surface area contributed by atoms with Gasteiger partial charge in [0.1, 0.15) is 6.61 Å². The van der Waals surface area contributed by atoms with Crippen molar-refractivity contribution in [1.82, 2.24) is 10.3 Å². The maximum Gasteiger partial charge on any atom is 0.411 e. The SMILES string of the molecule is O=C(NCCOCC(F)(F)F)c1ccc2[nH]ccc2c1. The quantitative estimate of drug-likeness (QED) is 0.830. The van der Waals surface area contributed by atoms with Crippen molar-refractivity contribution in [3.63, 3.8) is 0 Å². The zero-order chi connectivity index (χ0) is 14.6. The summed E-state index contributed by atoms with van der Waals surface area (Å²) in [6.45, 7) is -1.46. The Kier molecular flexibility index (Phi) is 4.29. The van der Waals surface area contributed by atoms with Gasteiger partial charge in [-0.05, 0) is 24.3 Å². The summed E-state index contributed by atoms with van der Waals surface area (Å²) in [5.41, 5.74) is 1.36. The van der Waals surface area contributed by atoms with Crippen LogP contribution in [0.2, 0.25) is 0 Å². The fourth-order valence-electron chi connectivity index (χ4n) is 1.72. The maximum absolute atomic E-state index is 11.8. The molecule has 108 valence electrons. The molecule has 0 bridgehead atoms. The molecule has 1 amide bonds. The third kappa shape index (κ3) is 3.99. The van der Waals surface area contributed by atoms with Crippen molar-refractivity contribution >= 4 is 16.8 Å². The fraction of sp³-hybridized carbons (Fsp3) is 0.308. The summed E-state index contributed by atoms with van der Waals surface area (Å²) in [6, 6.07) is 6.95. The first kappa shape index (κ1) is 14.4. The number of nitrogens with one attached hydrogen (secondary N) is 2. The summed E-state index contributed by atoms with van der Waals surface area (Å²) >= 11 is 0. The molecule has 0 spiro atoms. The Balaban J connectivity index is 1.80. The number of rotatable bonds is 5. The number of carbonyl (C=O) groups is 1. The van der Waals surface area contributed by atoms with Gasteiger partial charge in [0.05, 0.1) is 6.61 Å². The van der Waals surface area contributed by atoms with Crippen LogP contribution in [0.25, 0.3) is 10.9 Å². The minimum atomic E-state index is -4.34. The molecule has 0 saturated heterocycles. The monoisotopic (exact) mass is 286 g/mol. The number of aromatic nitrogens is 1. The van der Waals surface area contributed by atoms with Crippen molar-refractivity contribution in [2.45, 2.75) is 6.18 Å². The van der Waals surface area contributed by atoms with Gasteiger partial charge in [0.25, 0.3) is 5.91 Å². The van der Waals surface area contributed by atoms with Crippen LogP contribution < -0.4 is 5.32 Å². The fourth-order valence-corrected chi connectivity index (χ4v) is 1.72. The molecule has 2 N–H and O–H groups in total. The van der Waals surface area contributed by atoms with Crippen LogP contribution in [0.1, 0.15) is 10.4 Å². The van der Waals surface area contributed by atoms with E-state index in [2.05, 4.69) is 15.0 Å². The summed E-state index contributed by atoms with van der Waals surface area (Å²) < 4.78 is 39.8.